The van der Waals surface area contributed by atoms with Crippen LogP contribution < -0.4 is 5.32 Å². The number of aromatic amines is 1. The molecule has 0 aromatic carbocycles. The first-order chi connectivity index (χ1) is 8.79. The Hall–Kier alpha value is -1.47. The highest BCUT2D eigenvalue weighted by molar-refractivity contribution is 5.90. The number of H-pyrrole nitrogens is 1. The number of β-amino-alcohol motifs (C(OH)–C–C–N with tert-alkyl or cyclic N) is 1. The van der Waals surface area contributed by atoms with Gasteiger partial charge in [0.1, 0.15) is 6.33 Å². The molecule has 2 rings (SSSR count). The van der Waals surface area contributed by atoms with Gasteiger partial charge in [0, 0.05) is 19.6 Å². The van der Waals surface area contributed by atoms with Crippen LogP contribution in [0.15, 0.2) is 6.33 Å². The van der Waals surface area contributed by atoms with Crippen molar-refractivity contribution in [3.63, 3.8) is 0 Å². The molecule has 0 radical (unpaired) electrons. The fourth-order valence-electron chi connectivity index (χ4n) is 2.30. The van der Waals surface area contributed by atoms with Crippen molar-refractivity contribution in [3.05, 3.63) is 12.2 Å². The quantitative estimate of drug-likeness (QED) is 0.641. The van der Waals surface area contributed by atoms with Crippen LogP contribution in [0.25, 0.3) is 0 Å². The van der Waals surface area contributed by atoms with Gasteiger partial charge in [0.15, 0.2) is 0 Å². The molecule has 7 nitrogen and oxygen atoms in total. The fraction of sp³-hybridized carbons (Fsp3) is 0.727. The standard InChI is InChI=1S/C11H19N5O2/c17-5-4-16-3-1-2-9(7-16)6-12-11(18)10-13-8-14-15-10/h8-9,17H,1-7H2,(H,12,18)(H,13,14,15)/t9-/m1/s1. The normalized spacial score (nSPS) is 20.8. The second kappa shape index (κ2) is 6.46. The van der Waals surface area contributed by atoms with E-state index in [1.165, 1.54) is 6.33 Å². The van der Waals surface area contributed by atoms with Gasteiger partial charge in [0.25, 0.3) is 5.91 Å². The van der Waals surface area contributed by atoms with Gasteiger partial charge in [-0.15, -0.1) is 0 Å². The minimum atomic E-state index is -0.216. The predicted octanol–water partition coefficient (Wildman–Crippen LogP) is -0.761. The largest absolute Gasteiger partial charge is 0.395 e. The zero-order valence-electron chi connectivity index (χ0n) is 10.3. The van der Waals surface area contributed by atoms with Gasteiger partial charge in [-0.2, -0.15) is 5.10 Å². The number of piperidine rings is 1. The molecule has 100 valence electrons. The van der Waals surface area contributed by atoms with Gasteiger partial charge in [-0.05, 0) is 25.3 Å². The molecule has 1 aliphatic heterocycles. The molecule has 0 bridgehead atoms. The molecule has 1 aromatic rings. The summed E-state index contributed by atoms with van der Waals surface area (Å²) in [6.07, 6.45) is 3.54. The molecule has 1 aromatic heterocycles. The Labute approximate surface area is 106 Å². The lowest BCUT2D eigenvalue weighted by Gasteiger charge is -2.32. The van der Waals surface area contributed by atoms with Crippen molar-refractivity contribution in [2.75, 3.05) is 32.8 Å². The van der Waals surface area contributed by atoms with Crippen LogP contribution in [0.5, 0.6) is 0 Å². The summed E-state index contributed by atoms with van der Waals surface area (Å²) in [7, 11) is 0. The van der Waals surface area contributed by atoms with Gasteiger partial charge in [0.2, 0.25) is 5.82 Å². The van der Waals surface area contributed by atoms with E-state index in [2.05, 4.69) is 25.4 Å². The van der Waals surface area contributed by atoms with Crippen molar-refractivity contribution >= 4 is 5.91 Å². The molecule has 1 aliphatic rings. The molecular formula is C11H19N5O2. The number of aliphatic hydroxyl groups is 1. The van der Waals surface area contributed by atoms with Crippen molar-refractivity contribution in [2.45, 2.75) is 12.8 Å². The van der Waals surface area contributed by atoms with Crippen LogP contribution in [0, 0.1) is 5.92 Å². The van der Waals surface area contributed by atoms with Gasteiger partial charge < -0.3 is 15.3 Å². The molecule has 18 heavy (non-hydrogen) atoms. The number of nitrogens with zero attached hydrogens (tertiary/aromatic N) is 3. The van der Waals surface area contributed by atoms with E-state index in [9.17, 15) is 4.79 Å². The molecule has 2 heterocycles. The second-order valence-corrected chi connectivity index (χ2v) is 4.58. The number of aromatic nitrogens is 3. The highest BCUT2D eigenvalue weighted by Gasteiger charge is 2.20. The number of hydrogen-bond donors (Lipinski definition) is 3. The molecule has 7 heteroatoms. The third-order valence-corrected chi connectivity index (χ3v) is 3.20. The van der Waals surface area contributed by atoms with E-state index in [4.69, 9.17) is 5.11 Å². The predicted molar refractivity (Wildman–Crippen MR) is 65.0 cm³/mol. The summed E-state index contributed by atoms with van der Waals surface area (Å²) < 4.78 is 0. The summed E-state index contributed by atoms with van der Waals surface area (Å²) in [5.74, 6) is 0.474. The van der Waals surface area contributed by atoms with E-state index in [-0.39, 0.29) is 18.3 Å². The molecule has 0 unspecified atom stereocenters. The summed E-state index contributed by atoms with van der Waals surface area (Å²) in [5.41, 5.74) is 0. The van der Waals surface area contributed by atoms with Crippen molar-refractivity contribution in [1.29, 1.82) is 0 Å². The molecule has 0 spiro atoms. The SMILES string of the molecule is O=C(NC[C@H]1CCCN(CCO)C1)c1ncn[nH]1. The number of nitrogens with one attached hydrogen (secondary N) is 2. The van der Waals surface area contributed by atoms with E-state index in [1.54, 1.807) is 0 Å². The number of rotatable bonds is 5. The number of likely N-dealkylation sites (tertiary alicyclic amines) is 1. The summed E-state index contributed by atoms with van der Waals surface area (Å²) in [6.45, 7) is 3.51. The van der Waals surface area contributed by atoms with E-state index >= 15 is 0 Å². The number of amides is 1. The Morgan fingerprint density at radius 1 is 1.67 bits per heavy atom. The Morgan fingerprint density at radius 2 is 2.56 bits per heavy atom. The van der Waals surface area contributed by atoms with Gasteiger partial charge >= 0.3 is 0 Å². The van der Waals surface area contributed by atoms with E-state index in [0.29, 0.717) is 19.0 Å². The van der Waals surface area contributed by atoms with Gasteiger partial charge in [0.05, 0.1) is 6.61 Å². The molecule has 1 fully saturated rings. The van der Waals surface area contributed by atoms with Crippen molar-refractivity contribution in [1.82, 2.24) is 25.4 Å². The Kier molecular flexibility index (Phi) is 4.66. The lowest BCUT2D eigenvalue weighted by atomic mass is 9.98. The number of hydrogen-bond acceptors (Lipinski definition) is 5. The molecule has 3 N–H and O–H groups in total. The highest BCUT2D eigenvalue weighted by Crippen LogP contribution is 2.15. The number of aliphatic hydroxyl groups excluding tert-OH is 1. The van der Waals surface area contributed by atoms with E-state index in [0.717, 1.165) is 25.9 Å². The molecule has 1 amide bonds. The van der Waals surface area contributed by atoms with E-state index in [1.807, 2.05) is 0 Å². The van der Waals surface area contributed by atoms with Gasteiger partial charge in [-0.3, -0.25) is 9.89 Å². The first kappa shape index (κ1) is 13.0. The van der Waals surface area contributed by atoms with Crippen molar-refractivity contribution < 1.29 is 9.90 Å². The lowest BCUT2D eigenvalue weighted by Crippen LogP contribution is -2.42. The maximum absolute atomic E-state index is 11.7. The number of carbonyl (C=O) groups is 1. The minimum absolute atomic E-state index is 0.192. The summed E-state index contributed by atoms with van der Waals surface area (Å²) >= 11 is 0. The maximum atomic E-state index is 11.7. The smallest absolute Gasteiger partial charge is 0.288 e. The first-order valence-electron chi connectivity index (χ1n) is 6.26. The van der Waals surface area contributed by atoms with Crippen LogP contribution in [0.4, 0.5) is 0 Å². The van der Waals surface area contributed by atoms with Crippen LogP contribution in [0.1, 0.15) is 23.5 Å². The Morgan fingerprint density at radius 3 is 3.28 bits per heavy atom. The van der Waals surface area contributed by atoms with Crippen molar-refractivity contribution in [2.24, 2.45) is 5.92 Å². The van der Waals surface area contributed by atoms with Crippen LogP contribution in [0.2, 0.25) is 0 Å². The molecule has 0 saturated carbocycles. The zero-order chi connectivity index (χ0) is 12.8. The molecule has 1 atom stereocenters. The van der Waals surface area contributed by atoms with Gasteiger partial charge in [-0.1, -0.05) is 0 Å². The van der Waals surface area contributed by atoms with Crippen LogP contribution in [-0.4, -0.2) is 63.9 Å². The maximum Gasteiger partial charge on any atom is 0.288 e. The topological polar surface area (TPSA) is 94.1 Å². The molecular weight excluding hydrogens is 234 g/mol. The lowest BCUT2D eigenvalue weighted by molar-refractivity contribution is 0.0915. The average Bonchev–Trinajstić information content (AvgIpc) is 2.91. The zero-order valence-corrected chi connectivity index (χ0v) is 10.3. The highest BCUT2D eigenvalue weighted by atomic mass is 16.3. The monoisotopic (exact) mass is 253 g/mol. The minimum Gasteiger partial charge on any atom is -0.395 e. The third-order valence-electron chi connectivity index (χ3n) is 3.20. The first-order valence-corrected chi connectivity index (χ1v) is 6.26. The fourth-order valence-corrected chi connectivity index (χ4v) is 2.30. The molecule has 0 aliphatic carbocycles. The third kappa shape index (κ3) is 3.51. The van der Waals surface area contributed by atoms with E-state index < -0.39 is 0 Å². The summed E-state index contributed by atoms with van der Waals surface area (Å²) in [6, 6.07) is 0. The Balaban J connectivity index is 1.74. The summed E-state index contributed by atoms with van der Waals surface area (Å²) in [4.78, 5) is 17.7. The summed E-state index contributed by atoms with van der Waals surface area (Å²) in [5, 5.41) is 18.0. The van der Waals surface area contributed by atoms with Crippen molar-refractivity contribution in [3.8, 4) is 0 Å². The molecule has 1 saturated heterocycles. The average molecular weight is 253 g/mol. The van der Waals surface area contributed by atoms with Crippen LogP contribution in [-0.2, 0) is 0 Å². The second-order valence-electron chi connectivity index (χ2n) is 4.58. The van der Waals surface area contributed by atoms with Crippen LogP contribution in [0.3, 0.4) is 0 Å². The Bertz CT molecular complexity index is 366. The van der Waals surface area contributed by atoms with Gasteiger partial charge in [-0.25, -0.2) is 4.98 Å². The number of carbonyl (C=O) groups excluding carboxylic acids is 1. The van der Waals surface area contributed by atoms with Crippen LogP contribution >= 0.6 is 0 Å².